The second kappa shape index (κ2) is 6.21. The van der Waals surface area contributed by atoms with Crippen LogP contribution in [0.25, 0.3) is 0 Å². The van der Waals surface area contributed by atoms with Gasteiger partial charge in [0.25, 0.3) is 0 Å². The highest BCUT2D eigenvalue weighted by Crippen LogP contribution is 2.26. The Labute approximate surface area is 112 Å². The molecule has 0 spiro atoms. The highest BCUT2D eigenvalue weighted by molar-refractivity contribution is 6.32. The zero-order valence-electron chi connectivity index (χ0n) is 10.5. The van der Waals surface area contributed by atoms with Gasteiger partial charge in [-0.15, -0.1) is 0 Å². The smallest absolute Gasteiger partial charge is 0.163 e. The number of carbonyl (C=O) groups is 1. The molecule has 1 aliphatic rings. The van der Waals surface area contributed by atoms with Crippen LogP contribution in [0.15, 0.2) is 18.2 Å². The van der Waals surface area contributed by atoms with Crippen molar-refractivity contribution in [3.8, 4) is 5.75 Å². The summed E-state index contributed by atoms with van der Waals surface area (Å²) >= 11 is 5.94. The van der Waals surface area contributed by atoms with Gasteiger partial charge in [-0.2, -0.15) is 0 Å². The summed E-state index contributed by atoms with van der Waals surface area (Å²) in [7, 11) is 1.56. The maximum absolute atomic E-state index is 12.1. The fourth-order valence-electron chi connectivity index (χ4n) is 2.27. The molecule has 1 heterocycles. The molecule has 1 fully saturated rings. The van der Waals surface area contributed by atoms with Crippen LogP contribution in [0.5, 0.6) is 5.75 Å². The van der Waals surface area contributed by atoms with E-state index < -0.39 is 0 Å². The third kappa shape index (κ3) is 3.24. The SMILES string of the molecule is COc1cc(C(=O)CCC2CCNC2)ccc1Cl. The molecule has 1 aromatic carbocycles. The van der Waals surface area contributed by atoms with Gasteiger partial charge in [-0.25, -0.2) is 0 Å². The van der Waals surface area contributed by atoms with E-state index in [0.717, 1.165) is 19.5 Å². The van der Waals surface area contributed by atoms with Crippen LogP contribution in [0.4, 0.5) is 0 Å². The Morgan fingerprint density at radius 3 is 3.06 bits per heavy atom. The van der Waals surface area contributed by atoms with Crippen molar-refractivity contribution in [1.29, 1.82) is 0 Å². The molecule has 0 saturated carbocycles. The number of hydrogen-bond donors (Lipinski definition) is 1. The van der Waals surface area contributed by atoms with Crippen molar-refractivity contribution in [2.24, 2.45) is 5.92 Å². The van der Waals surface area contributed by atoms with Gasteiger partial charge < -0.3 is 10.1 Å². The fourth-order valence-corrected chi connectivity index (χ4v) is 2.47. The molecular formula is C14H18ClNO2. The fraction of sp³-hybridized carbons (Fsp3) is 0.500. The highest BCUT2D eigenvalue weighted by atomic mass is 35.5. The van der Waals surface area contributed by atoms with Crippen LogP contribution in [-0.4, -0.2) is 26.0 Å². The average molecular weight is 268 g/mol. The van der Waals surface area contributed by atoms with Crippen LogP contribution < -0.4 is 10.1 Å². The number of halogens is 1. The summed E-state index contributed by atoms with van der Waals surface area (Å²) in [4.78, 5) is 12.1. The number of Topliss-reactive ketones (excluding diaryl/α,β-unsaturated/α-hetero) is 1. The Balaban J connectivity index is 1.95. The summed E-state index contributed by atoms with van der Waals surface area (Å²) < 4.78 is 5.12. The van der Waals surface area contributed by atoms with E-state index in [0.29, 0.717) is 28.7 Å². The number of ether oxygens (including phenoxy) is 1. The molecule has 0 bridgehead atoms. The van der Waals surface area contributed by atoms with Crippen LogP contribution in [0.2, 0.25) is 5.02 Å². The van der Waals surface area contributed by atoms with Crippen LogP contribution in [0, 0.1) is 5.92 Å². The standard InChI is InChI=1S/C14H18ClNO2/c1-18-14-8-11(3-4-12(14)15)13(17)5-2-10-6-7-16-9-10/h3-4,8,10,16H,2,5-7,9H2,1H3. The first-order valence-corrected chi connectivity index (χ1v) is 6.66. The van der Waals surface area contributed by atoms with Crippen molar-refractivity contribution in [3.63, 3.8) is 0 Å². The van der Waals surface area contributed by atoms with Crippen molar-refractivity contribution in [2.75, 3.05) is 20.2 Å². The Kier molecular flexibility index (Phi) is 4.61. The topological polar surface area (TPSA) is 38.3 Å². The van der Waals surface area contributed by atoms with E-state index in [-0.39, 0.29) is 5.78 Å². The van der Waals surface area contributed by atoms with Crippen molar-refractivity contribution in [3.05, 3.63) is 28.8 Å². The highest BCUT2D eigenvalue weighted by Gasteiger charge is 2.16. The van der Waals surface area contributed by atoms with E-state index in [4.69, 9.17) is 16.3 Å². The lowest BCUT2D eigenvalue weighted by Gasteiger charge is -2.08. The van der Waals surface area contributed by atoms with Gasteiger partial charge >= 0.3 is 0 Å². The monoisotopic (exact) mass is 267 g/mol. The van der Waals surface area contributed by atoms with Gasteiger partial charge in [-0.05, 0) is 50.0 Å². The summed E-state index contributed by atoms with van der Waals surface area (Å²) in [5.41, 5.74) is 0.683. The lowest BCUT2D eigenvalue weighted by Crippen LogP contribution is -2.10. The zero-order valence-corrected chi connectivity index (χ0v) is 11.3. The van der Waals surface area contributed by atoms with Crippen LogP contribution in [0.1, 0.15) is 29.6 Å². The molecule has 1 atom stereocenters. The third-order valence-corrected chi connectivity index (χ3v) is 3.73. The van der Waals surface area contributed by atoms with E-state index in [1.165, 1.54) is 6.42 Å². The Morgan fingerprint density at radius 1 is 1.56 bits per heavy atom. The molecule has 4 heteroatoms. The molecule has 2 rings (SSSR count). The van der Waals surface area contributed by atoms with Crippen LogP contribution in [-0.2, 0) is 0 Å². The normalized spacial score (nSPS) is 18.9. The molecule has 1 unspecified atom stereocenters. The number of methoxy groups -OCH3 is 1. The predicted molar refractivity (Wildman–Crippen MR) is 72.5 cm³/mol. The number of nitrogens with one attached hydrogen (secondary N) is 1. The van der Waals surface area contributed by atoms with E-state index in [2.05, 4.69) is 5.32 Å². The molecule has 1 N–H and O–H groups in total. The van der Waals surface area contributed by atoms with E-state index >= 15 is 0 Å². The van der Waals surface area contributed by atoms with E-state index in [1.54, 1.807) is 25.3 Å². The Hall–Kier alpha value is -1.06. The largest absolute Gasteiger partial charge is 0.495 e. The summed E-state index contributed by atoms with van der Waals surface area (Å²) in [5.74, 6) is 1.37. The van der Waals surface area contributed by atoms with Crippen LogP contribution in [0.3, 0.4) is 0 Å². The van der Waals surface area contributed by atoms with Gasteiger partial charge in [0.05, 0.1) is 12.1 Å². The first kappa shape index (κ1) is 13.4. The Morgan fingerprint density at radius 2 is 2.39 bits per heavy atom. The molecule has 1 aromatic rings. The van der Waals surface area contributed by atoms with Gasteiger partial charge in [0, 0.05) is 12.0 Å². The quantitative estimate of drug-likeness (QED) is 0.834. The van der Waals surface area contributed by atoms with Gasteiger partial charge in [-0.3, -0.25) is 4.79 Å². The molecule has 0 amide bonds. The van der Waals surface area contributed by atoms with Crippen LogP contribution >= 0.6 is 11.6 Å². The maximum atomic E-state index is 12.1. The molecule has 18 heavy (non-hydrogen) atoms. The summed E-state index contributed by atoms with van der Waals surface area (Å²) in [6.07, 6.45) is 2.73. The summed E-state index contributed by atoms with van der Waals surface area (Å²) in [6, 6.07) is 5.20. The minimum Gasteiger partial charge on any atom is -0.495 e. The molecule has 0 aromatic heterocycles. The molecule has 1 aliphatic heterocycles. The maximum Gasteiger partial charge on any atom is 0.163 e. The first-order chi connectivity index (χ1) is 8.70. The van der Waals surface area contributed by atoms with Crippen molar-refractivity contribution in [1.82, 2.24) is 5.32 Å². The van der Waals surface area contributed by atoms with Gasteiger partial charge in [-0.1, -0.05) is 11.6 Å². The van der Waals surface area contributed by atoms with Gasteiger partial charge in [0.15, 0.2) is 5.78 Å². The molecule has 98 valence electrons. The summed E-state index contributed by atoms with van der Waals surface area (Å²) in [5, 5.41) is 3.85. The number of ketones is 1. The van der Waals surface area contributed by atoms with Gasteiger partial charge in [0.2, 0.25) is 0 Å². The van der Waals surface area contributed by atoms with E-state index in [1.807, 2.05) is 0 Å². The minimum absolute atomic E-state index is 0.164. The lowest BCUT2D eigenvalue weighted by molar-refractivity contribution is 0.0974. The molecular weight excluding hydrogens is 250 g/mol. The van der Waals surface area contributed by atoms with Crippen molar-refractivity contribution < 1.29 is 9.53 Å². The summed E-state index contributed by atoms with van der Waals surface area (Å²) in [6.45, 7) is 2.12. The third-order valence-electron chi connectivity index (χ3n) is 3.42. The van der Waals surface area contributed by atoms with Gasteiger partial charge in [0.1, 0.15) is 5.75 Å². The first-order valence-electron chi connectivity index (χ1n) is 6.28. The molecule has 0 radical (unpaired) electrons. The lowest BCUT2D eigenvalue weighted by atomic mass is 9.98. The molecule has 1 saturated heterocycles. The molecule has 3 nitrogen and oxygen atoms in total. The number of benzene rings is 1. The second-order valence-electron chi connectivity index (χ2n) is 4.67. The van der Waals surface area contributed by atoms with Crippen molar-refractivity contribution in [2.45, 2.75) is 19.3 Å². The predicted octanol–water partition coefficient (Wildman–Crippen LogP) is 2.92. The van der Waals surface area contributed by atoms with E-state index in [9.17, 15) is 4.79 Å². The minimum atomic E-state index is 0.164. The average Bonchev–Trinajstić information content (AvgIpc) is 2.89. The Bertz CT molecular complexity index is 428. The van der Waals surface area contributed by atoms with Crippen molar-refractivity contribution >= 4 is 17.4 Å². The second-order valence-corrected chi connectivity index (χ2v) is 5.08. The number of rotatable bonds is 5. The zero-order chi connectivity index (χ0) is 13.0. The number of hydrogen-bond acceptors (Lipinski definition) is 3. The molecule has 0 aliphatic carbocycles. The number of carbonyl (C=O) groups excluding carboxylic acids is 1.